The van der Waals surface area contributed by atoms with Crippen LogP contribution in [0.25, 0.3) is 33.2 Å². The summed E-state index contributed by atoms with van der Waals surface area (Å²) >= 11 is 3.68. The van der Waals surface area contributed by atoms with Gasteiger partial charge in [0.1, 0.15) is 23.1 Å². The number of hydrogen-bond acceptors (Lipinski definition) is 6. The number of hydrogen-bond donors (Lipinski definition) is 2. The van der Waals surface area contributed by atoms with Gasteiger partial charge in [-0.1, -0.05) is 13.8 Å². The van der Waals surface area contributed by atoms with E-state index in [4.69, 9.17) is 9.47 Å². The van der Waals surface area contributed by atoms with Gasteiger partial charge in [0.2, 0.25) is 0 Å². The van der Waals surface area contributed by atoms with Gasteiger partial charge in [0.25, 0.3) is 0 Å². The van der Waals surface area contributed by atoms with Crippen LogP contribution in [0.4, 0.5) is 35.1 Å². The summed E-state index contributed by atoms with van der Waals surface area (Å²) in [6, 6.07) is 17.8. The van der Waals surface area contributed by atoms with Crippen molar-refractivity contribution in [2.24, 2.45) is 11.8 Å². The molecule has 4 aromatic carbocycles. The van der Waals surface area contributed by atoms with E-state index in [9.17, 15) is 45.3 Å². The second kappa shape index (κ2) is 16.2. The van der Waals surface area contributed by atoms with Gasteiger partial charge in [0.15, 0.2) is 11.2 Å². The zero-order valence-corrected chi connectivity index (χ0v) is 37.1. The van der Waals surface area contributed by atoms with E-state index in [0.717, 1.165) is 32.9 Å². The van der Waals surface area contributed by atoms with Crippen molar-refractivity contribution in [3.63, 3.8) is 0 Å². The maximum Gasteiger partial charge on any atom is 0.417 e. The van der Waals surface area contributed by atoms with Crippen molar-refractivity contribution >= 4 is 37.7 Å². The third-order valence-corrected chi connectivity index (χ3v) is 15.8. The van der Waals surface area contributed by atoms with Gasteiger partial charge in [0, 0.05) is 38.8 Å². The van der Waals surface area contributed by atoms with Crippen molar-refractivity contribution in [1.82, 2.24) is 19.6 Å². The first-order valence-corrected chi connectivity index (χ1v) is 22.6. The molecule has 6 atom stereocenters. The lowest BCUT2D eigenvalue weighted by molar-refractivity contribution is -0.279. The number of halogens is 9. The Morgan fingerprint density at radius 3 is 1.68 bits per heavy atom. The SMILES string of the molecule is CC[C@@]12CC[C@](O)(C(F)(F)F)C[C@H]1CCOc1c2cc2cnn(-c3ccc(F)cc3)c2c1Br.CC[C@@]12CC[C@](O)(C(F)(F)F)C[C@H]1CCOc1cc3c(cnn3-c3ccc(F)cc3)cc12. The van der Waals surface area contributed by atoms with Crippen LogP contribution in [0.5, 0.6) is 11.5 Å². The maximum atomic E-state index is 13.6. The maximum absolute atomic E-state index is 13.6. The number of aliphatic hydroxyl groups is 2. The monoisotopic (exact) mass is 974 g/mol. The number of aromatic nitrogens is 4. The number of ether oxygens (including phenoxy) is 2. The lowest BCUT2D eigenvalue weighted by Gasteiger charge is -2.49. The molecule has 8 nitrogen and oxygen atoms in total. The first kappa shape index (κ1) is 45.4. The predicted molar refractivity (Wildman–Crippen MR) is 231 cm³/mol. The van der Waals surface area contributed by atoms with E-state index in [1.807, 2.05) is 32.0 Å². The number of benzene rings is 4. The molecule has 2 N–H and O–H groups in total. The largest absolute Gasteiger partial charge is 0.493 e. The van der Waals surface area contributed by atoms with Crippen LogP contribution >= 0.6 is 15.9 Å². The zero-order chi connectivity index (χ0) is 46.3. The van der Waals surface area contributed by atoms with E-state index in [0.29, 0.717) is 53.0 Å². The summed E-state index contributed by atoms with van der Waals surface area (Å²) in [6.45, 7) is 4.51. The predicted octanol–water partition coefficient (Wildman–Crippen LogP) is 12.1. The van der Waals surface area contributed by atoms with Crippen LogP contribution in [-0.4, -0.2) is 66.5 Å². The molecule has 2 fully saturated rings. The van der Waals surface area contributed by atoms with E-state index < -0.39 is 34.4 Å². The van der Waals surface area contributed by atoms with E-state index >= 15 is 0 Å². The Hall–Kier alpha value is -4.74. The highest BCUT2D eigenvalue weighted by Gasteiger charge is 2.62. The van der Waals surface area contributed by atoms with Crippen LogP contribution in [0.1, 0.15) is 89.2 Å². The van der Waals surface area contributed by atoms with Crippen molar-refractivity contribution < 1.29 is 54.8 Å². The molecule has 4 aliphatic rings. The molecule has 2 aromatic heterocycles. The van der Waals surface area contributed by atoms with Crippen LogP contribution in [-0.2, 0) is 10.8 Å². The van der Waals surface area contributed by atoms with Gasteiger partial charge in [-0.3, -0.25) is 0 Å². The third kappa shape index (κ3) is 7.47. The minimum absolute atomic E-state index is 0.213. The molecule has 65 heavy (non-hydrogen) atoms. The minimum atomic E-state index is -4.66. The number of rotatable bonds is 4. The van der Waals surface area contributed by atoms with Crippen molar-refractivity contribution in [3.05, 3.63) is 106 Å². The van der Waals surface area contributed by atoms with E-state index in [2.05, 4.69) is 26.1 Å². The summed E-state index contributed by atoms with van der Waals surface area (Å²) in [7, 11) is 0. The van der Waals surface area contributed by atoms with Gasteiger partial charge in [-0.15, -0.1) is 0 Å². The Bertz CT molecular complexity index is 2740. The molecule has 6 aromatic rings. The van der Waals surface area contributed by atoms with Gasteiger partial charge in [-0.2, -0.15) is 36.5 Å². The summed E-state index contributed by atoms with van der Waals surface area (Å²) in [5, 5.41) is 31.4. The topological polar surface area (TPSA) is 94.6 Å². The average Bonchev–Trinajstić information content (AvgIpc) is 3.80. The Morgan fingerprint density at radius 1 is 0.662 bits per heavy atom. The second-order valence-electron chi connectivity index (χ2n) is 18.1. The van der Waals surface area contributed by atoms with Crippen LogP contribution in [0.3, 0.4) is 0 Å². The Kier molecular flexibility index (Phi) is 11.4. The molecular weight excluding hydrogens is 928 g/mol. The van der Waals surface area contributed by atoms with Crippen LogP contribution in [0, 0.1) is 23.5 Å². The quantitative estimate of drug-likeness (QED) is 0.171. The summed E-state index contributed by atoms with van der Waals surface area (Å²) < 4.78 is 125. The minimum Gasteiger partial charge on any atom is -0.493 e. The van der Waals surface area contributed by atoms with Crippen LogP contribution in [0.15, 0.2) is 83.6 Å². The van der Waals surface area contributed by atoms with E-state index in [1.54, 1.807) is 46.0 Å². The molecule has 17 heteroatoms. The van der Waals surface area contributed by atoms with Crippen LogP contribution in [0.2, 0.25) is 0 Å². The lowest BCUT2D eigenvalue weighted by Crippen LogP contribution is -2.54. The fourth-order valence-electron chi connectivity index (χ4n) is 11.4. The van der Waals surface area contributed by atoms with Gasteiger partial charge < -0.3 is 19.7 Å². The van der Waals surface area contributed by atoms with Crippen LogP contribution < -0.4 is 9.47 Å². The van der Waals surface area contributed by atoms with Crippen molar-refractivity contribution in [2.75, 3.05) is 13.2 Å². The molecule has 10 rings (SSSR count). The molecule has 0 bridgehead atoms. The number of nitrogens with zero attached hydrogens (tertiary/aromatic N) is 4. The van der Waals surface area contributed by atoms with Gasteiger partial charge in [-0.05, 0) is 153 Å². The molecule has 0 saturated heterocycles. The molecule has 2 aliphatic carbocycles. The summed E-state index contributed by atoms with van der Waals surface area (Å²) in [5.41, 5.74) is -1.73. The van der Waals surface area contributed by atoms with Crippen molar-refractivity contribution in [1.29, 1.82) is 0 Å². The molecule has 346 valence electrons. The molecule has 2 saturated carbocycles. The molecule has 4 heterocycles. The molecule has 0 spiro atoms. The van der Waals surface area contributed by atoms with Crippen molar-refractivity contribution in [3.8, 4) is 22.9 Å². The molecule has 0 radical (unpaired) electrons. The fourth-order valence-corrected chi connectivity index (χ4v) is 12.1. The number of fused-ring (bicyclic) bond motifs is 8. The highest BCUT2D eigenvalue weighted by atomic mass is 79.9. The molecular formula is C48H47BrF8N4O4. The Balaban J connectivity index is 0.000000164. The average molecular weight is 976 g/mol. The second-order valence-corrected chi connectivity index (χ2v) is 18.9. The molecule has 0 amide bonds. The summed E-state index contributed by atoms with van der Waals surface area (Å²) in [6.07, 6.45) is -4.63. The van der Waals surface area contributed by atoms with Crippen molar-refractivity contribution in [2.45, 2.75) is 112 Å². The van der Waals surface area contributed by atoms with Gasteiger partial charge in [0.05, 0.1) is 52.5 Å². The zero-order valence-electron chi connectivity index (χ0n) is 35.5. The first-order valence-electron chi connectivity index (χ1n) is 21.8. The Morgan fingerprint density at radius 2 is 1.14 bits per heavy atom. The lowest BCUT2D eigenvalue weighted by atomic mass is 9.57. The highest BCUT2D eigenvalue weighted by molar-refractivity contribution is 9.10. The highest BCUT2D eigenvalue weighted by Crippen LogP contribution is 2.60. The van der Waals surface area contributed by atoms with E-state index in [1.165, 1.54) is 24.3 Å². The third-order valence-electron chi connectivity index (χ3n) is 15.1. The molecule has 2 aliphatic heterocycles. The van der Waals surface area contributed by atoms with E-state index in [-0.39, 0.29) is 75.2 Å². The smallest absolute Gasteiger partial charge is 0.417 e. The summed E-state index contributed by atoms with van der Waals surface area (Å²) in [5.74, 6) is -0.163. The molecule has 0 unspecified atom stereocenters. The normalized spacial score (nSPS) is 27.8. The van der Waals surface area contributed by atoms with Gasteiger partial charge in [-0.25, -0.2) is 18.1 Å². The Labute approximate surface area is 377 Å². The standard InChI is InChI=1S/C24H23BrF4N2O2.C24H24F4N2O2/c1-2-22-8-9-23(32,24(27,28)29)12-15(22)7-10-33-21-18(22)11-14-13-30-31(20(14)19(21)25)17-5-3-16(26)4-6-17;1-2-22-8-9-23(31,24(26,27)28)13-16(22)7-10-32-21-12-20-15(11-19(21)22)14-29-30(20)18-5-3-17(25)4-6-18/h3-6,11,13,15,32H,2,7-10,12H2,1H3;3-6,11-12,14,16,31H,2,7-10,13H2,1H3/t15-,22-,23-;16-,22-,23-/m11/s1. The van der Waals surface area contributed by atoms with Gasteiger partial charge >= 0.3 is 12.4 Å². The summed E-state index contributed by atoms with van der Waals surface area (Å²) in [4.78, 5) is 0. The fraction of sp³-hybridized carbons (Fsp3) is 0.458. The first-order chi connectivity index (χ1) is 30.8. The number of alkyl halides is 6.